The van der Waals surface area contributed by atoms with E-state index in [0.717, 1.165) is 33.2 Å². The second-order valence-corrected chi connectivity index (χ2v) is 7.69. The van der Waals surface area contributed by atoms with E-state index in [1.807, 2.05) is 29.8 Å². The second kappa shape index (κ2) is 9.37. The normalized spacial score (nSPS) is 10.6. The SMILES string of the molecule is COC(=O)CCc1ccc(N(c2ccccc2)c2ccc(-c3nccs3)cc2)cc1. The van der Waals surface area contributed by atoms with E-state index in [2.05, 4.69) is 70.5 Å². The lowest BCUT2D eigenvalue weighted by Gasteiger charge is -2.25. The molecule has 0 aliphatic carbocycles. The summed E-state index contributed by atoms with van der Waals surface area (Å²) >= 11 is 1.64. The summed E-state index contributed by atoms with van der Waals surface area (Å²) < 4.78 is 4.74. The van der Waals surface area contributed by atoms with E-state index >= 15 is 0 Å². The van der Waals surface area contributed by atoms with Crippen molar-refractivity contribution < 1.29 is 9.53 Å². The zero-order valence-electron chi connectivity index (χ0n) is 16.7. The van der Waals surface area contributed by atoms with Crippen molar-refractivity contribution in [3.63, 3.8) is 0 Å². The summed E-state index contributed by atoms with van der Waals surface area (Å²) in [6.45, 7) is 0. The number of nitrogens with zero attached hydrogens (tertiary/aromatic N) is 2. The number of thiazole rings is 1. The molecule has 0 unspecified atom stereocenters. The number of benzene rings is 3. The number of esters is 1. The van der Waals surface area contributed by atoms with Crippen molar-refractivity contribution in [1.29, 1.82) is 0 Å². The van der Waals surface area contributed by atoms with E-state index < -0.39 is 0 Å². The molecule has 5 heteroatoms. The van der Waals surface area contributed by atoms with Gasteiger partial charge in [0.1, 0.15) is 5.01 Å². The Labute approximate surface area is 180 Å². The van der Waals surface area contributed by atoms with Crippen LogP contribution in [0.25, 0.3) is 10.6 Å². The Morgan fingerprint density at radius 2 is 1.53 bits per heavy atom. The van der Waals surface area contributed by atoms with Crippen LogP contribution in [0, 0.1) is 0 Å². The fourth-order valence-electron chi connectivity index (χ4n) is 3.30. The Morgan fingerprint density at radius 3 is 2.13 bits per heavy atom. The number of hydrogen-bond acceptors (Lipinski definition) is 5. The Hall–Kier alpha value is -3.44. The Kier molecular flexibility index (Phi) is 6.20. The molecule has 4 aromatic rings. The first-order valence-electron chi connectivity index (χ1n) is 9.75. The van der Waals surface area contributed by atoms with Crippen molar-refractivity contribution in [2.75, 3.05) is 12.0 Å². The van der Waals surface area contributed by atoms with Crippen LogP contribution in [0.5, 0.6) is 0 Å². The summed E-state index contributed by atoms with van der Waals surface area (Å²) in [5, 5.41) is 3.00. The van der Waals surface area contributed by atoms with E-state index in [1.165, 1.54) is 7.11 Å². The van der Waals surface area contributed by atoms with Gasteiger partial charge in [-0.3, -0.25) is 4.79 Å². The van der Waals surface area contributed by atoms with Gasteiger partial charge in [0.2, 0.25) is 0 Å². The van der Waals surface area contributed by atoms with Gasteiger partial charge in [-0.15, -0.1) is 11.3 Å². The van der Waals surface area contributed by atoms with Crippen molar-refractivity contribution in [2.24, 2.45) is 0 Å². The van der Waals surface area contributed by atoms with Gasteiger partial charge in [0.15, 0.2) is 0 Å². The molecule has 0 saturated carbocycles. The summed E-state index contributed by atoms with van der Waals surface area (Å²) in [4.78, 5) is 18.0. The summed E-state index contributed by atoms with van der Waals surface area (Å²) in [6.07, 6.45) is 2.88. The molecular formula is C25H22N2O2S. The Balaban J connectivity index is 1.63. The van der Waals surface area contributed by atoms with Gasteiger partial charge in [-0.25, -0.2) is 4.98 Å². The molecule has 30 heavy (non-hydrogen) atoms. The van der Waals surface area contributed by atoms with Crippen LogP contribution in [0.3, 0.4) is 0 Å². The van der Waals surface area contributed by atoms with Gasteiger partial charge in [0.25, 0.3) is 0 Å². The first kappa shape index (κ1) is 19.9. The number of rotatable bonds is 7. The third kappa shape index (κ3) is 4.58. The monoisotopic (exact) mass is 414 g/mol. The van der Waals surface area contributed by atoms with E-state index in [0.29, 0.717) is 12.8 Å². The third-order valence-corrected chi connectivity index (χ3v) is 5.68. The van der Waals surface area contributed by atoms with E-state index in [-0.39, 0.29) is 5.97 Å². The smallest absolute Gasteiger partial charge is 0.305 e. The van der Waals surface area contributed by atoms with Gasteiger partial charge in [0, 0.05) is 40.6 Å². The van der Waals surface area contributed by atoms with Crippen LogP contribution in [-0.4, -0.2) is 18.1 Å². The maximum Gasteiger partial charge on any atom is 0.305 e. The summed E-state index contributed by atoms with van der Waals surface area (Å²) in [5.41, 5.74) is 5.44. The zero-order valence-corrected chi connectivity index (χ0v) is 17.5. The first-order valence-corrected chi connectivity index (χ1v) is 10.6. The number of anilines is 3. The van der Waals surface area contributed by atoms with Crippen LogP contribution < -0.4 is 4.90 Å². The van der Waals surface area contributed by atoms with Crippen molar-refractivity contribution >= 4 is 34.4 Å². The number of para-hydroxylation sites is 1. The number of hydrogen-bond donors (Lipinski definition) is 0. The highest BCUT2D eigenvalue weighted by atomic mass is 32.1. The van der Waals surface area contributed by atoms with Crippen LogP contribution in [0.2, 0.25) is 0 Å². The lowest BCUT2D eigenvalue weighted by molar-refractivity contribution is -0.140. The minimum Gasteiger partial charge on any atom is -0.469 e. The van der Waals surface area contributed by atoms with Crippen molar-refractivity contribution in [3.05, 3.63) is 96.0 Å². The molecular weight excluding hydrogens is 392 g/mol. The third-order valence-electron chi connectivity index (χ3n) is 4.86. The Bertz CT molecular complexity index is 1080. The molecule has 0 atom stereocenters. The first-order chi connectivity index (χ1) is 14.7. The van der Waals surface area contributed by atoms with Crippen molar-refractivity contribution in [3.8, 4) is 10.6 Å². The quantitative estimate of drug-likeness (QED) is 0.329. The highest BCUT2D eigenvalue weighted by Crippen LogP contribution is 2.35. The van der Waals surface area contributed by atoms with Crippen LogP contribution in [0.1, 0.15) is 12.0 Å². The van der Waals surface area contributed by atoms with Gasteiger partial charge in [-0.05, 0) is 60.5 Å². The molecule has 0 radical (unpaired) electrons. The molecule has 1 aromatic heterocycles. The zero-order chi connectivity index (χ0) is 20.8. The molecule has 0 fully saturated rings. The molecule has 0 saturated heterocycles. The molecule has 0 N–H and O–H groups in total. The van der Waals surface area contributed by atoms with Crippen molar-refractivity contribution in [2.45, 2.75) is 12.8 Å². The highest BCUT2D eigenvalue weighted by Gasteiger charge is 2.13. The van der Waals surface area contributed by atoms with Gasteiger partial charge >= 0.3 is 5.97 Å². The van der Waals surface area contributed by atoms with Crippen LogP contribution in [-0.2, 0) is 16.0 Å². The van der Waals surface area contributed by atoms with E-state index in [1.54, 1.807) is 11.3 Å². The lowest BCUT2D eigenvalue weighted by Crippen LogP contribution is -2.10. The molecule has 0 amide bonds. The van der Waals surface area contributed by atoms with Crippen molar-refractivity contribution in [1.82, 2.24) is 4.98 Å². The molecule has 0 aliphatic rings. The summed E-state index contributed by atoms with van der Waals surface area (Å²) in [6, 6.07) is 27.1. The fourth-order valence-corrected chi connectivity index (χ4v) is 3.95. The second-order valence-electron chi connectivity index (χ2n) is 6.80. The molecule has 1 heterocycles. The molecule has 0 spiro atoms. The number of carbonyl (C=O) groups is 1. The topological polar surface area (TPSA) is 42.4 Å². The van der Waals surface area contributed by atoms with Crippen LogP contribution in [0.4, 0.5) is 17.1 Å². The Morgan fingerprint density at radius 1 is 0.900 bits per heavy atom. The number of aromatic nitrogens is 1. The summed E-state index contributed by atoms with van der Waals surface area (Å²) in [7, 11) is 1.42. The van der Waals surface area contributed by atoms with Gasteiger partial charge in [-0.1, -0.05) is 30.3 Å². The molecule has 0 bridgehead atoms. The predicted molar refractivity (Wildman–Crippen MR) is 123 cm³/mol. The average molecular weight is 415 g/mol. The molecule has 3 aromatic carbocycles. The molecule has 0 aliphatic heterocycles. The number of carbonyl (C=O) groups excluding carboxylic acids is 1. The number of aryl methyl sites for hydroxylation is 1. The number of ether oxygens (including phenoxy) is 1. The molecule has 4 nitrogen and oxygen atoms in total. The summed E-state index contributed by atoms with van der Waals surface area (Å²) in [5.74, 6) is -0.190. The minimum atomic E-state index is -0.190. The van der Waals surface area contributed by atoms with Gasteiger partial charge in [-0.2, -0.15) is 0 Å². The molecule has 4 rings (SSSR count). The highest BCUT2D eigenvalue weighted by molar-refractivity contribution is 7.13. The van der Waals surface area contributed by atoms with Crippen LogP contribution >= 0.6 is 11.3 Å². The largest absolute Gasteiger partial charge is 0.469 e. The van der Waals surface area contributed by atoms with Gasteiger partial charge in [0.05, 0.1) is 7.11 Å². The number of methoxy groups -OCH3 is 1. The van der Waals surface area contributed by atoms with Crippen LogP contribution in [0.15, 0.2) is 90.4 Å². The molecule has 150 valence electrons. The minimum absolute atomic E-state index is 0.190. The van der Waals surface area contributed by atoms with E-state index in [9.17, 15) is 4.79 Å². The standard InChI is InChI=1S/C25H22N2O2S/c1-29-24(28)16-9-19-7-12-22(13-8-19)27(21-5-3-2-4-6-21)23-14-10-20(11-15-23)25-26-17-18-30-25/h2-8,10-15,17-18H,9,16H2,1H3. The lowest BCUT2D eigenvalue weighted by atomic mass is 10.1. The van der Waals surface area contributed by atoms with E-state index in [4.69, 9.17) is 4.74 Å². The maximum absolute atomic E-state index is 11.4. The fraction of sp³-hybridized carbons (Fsp3) is 0.120. The maximum atomic E-state index is 11.4. The predicted octanol–water partition coefficient (Wildman–Crippen LogP) is 6.39. The van der Waals surface area contributed by atoms with Gasteiger partial charge < -0.3 is 9.64 Å². The average Bonchev–Trinajstić information content (AvgIpc) is 3.35.